The fourth-order valence-corrected chi connectivity index (χ4v) is 11.1. The van der Waals surface area contributed by atoms with Crippen LogP contribution in [0.2, 0.25) is 5.02 Å². The van der Waals surface area contributed by atoms with E-state index < -0.39 is 84.2 Å². The van der Waals surface area contributed by atoms with Crippen LogP contribution in [0.25, 0.3) is 10.9 Å². The van der Waals surface area contributed by atoms with Crippen LogP contribution < -0.4 is 20.9 Å². The zero-order valence-corrected chi connectivity index (χ0v) is 55.2. The zero-order chi connectivity index (χ0) is 66.3. The van der Waals surface area contributed by atoms with Crippen LogP contribution in [-0.4, -0.2) is 235 Å². The van der Waals surface area contributed by atoms with Gasteiger partial charge in [-0.3, -0.25) is 24.5 Å². The van der Waals surface area contributed by atoms with Gasteiger partial charge in [0.25, 0.3) is 0 Å². The number of hydrogen-bond acceptors (Lipinski definition) is 19. The van der Waals surface area contributed by atoms with Crippen LogP contribution in [0.15, 0.2) is 66.3 Å². The van der Waals surface area contributed by atoms with Gasteiger partial charge in [0, 0.05) is 70.8 Å². The number of carbonyl (C=O) groups excluding carboxylic acids is 6. The Morgan fingerprint density at radius 3 is 2.15 bits per heavy atom. The molecule has 0 saturated carbocycles. The number of carbonyl (C=O) groups is 6. The molecule has 5 amide bonds. The van der Waals surface area contributed by atoms with Crippen molar-refractivity contribution >= 4 is 63.9 Å². The molecule has 91 heavy (non-hydrogen) atoms. The number of epoxide rings is 1. The average Bonchev–Trinajstić information content (AvgIpc) is 1.60. The van der Waals surface area contributed by atoms with Gasteiger partial charge in [0.15, 0.2) is 5.72 Å². The maximum atomic E-state index is 14.3. The molecule has 2 fully saturated rings. The summed E-state index contributed by atoms with van der Waals surface area (Å²) in [5, 5.41) is 31.0. The van der Waals surface area contributed by atoms with E-state index >= 15 is 0 Å². The van der Waals surface area contributed by atoms with Gasteiger partial charge in [0.1, 0.15) is 36.0 Å². The smallest absolute Gasteiger partial charge is 0.409 e. The first-order valence-corrected chi connectivity index (χ1v) is 31.6. The molecule has 26 heteroatoms. The molecule has 1 unspecified atom stereocenters. The van der Waals surface area contributed by atoms with Gasteiger partial charge < -0.3 is 87.5 Å². The number of ether oxygens (including phenoxy) is 10. The molecule has 0 spiro atoms. The molecular weight excluding hydrogens is 1200 g/mol. The number of benzene rings is 2. The van der Waals surface area contributed by atoms with Gasteiger partial charge in [-0.05, 0) is 82.4 Å². The van der Waals surface area contributed by atoms with Crippen LogP contribution in [0.1, 0.15) is 77.1 Å². The number of aromatic nitrogens is 1. The third-order valence-electron chi connectivity index (χ3n) is 16.7. The molecular formula is C65H96ClN7O18. The molecule has 25 nitrogen and oxygen atoms in total. The molecule has 9 atom stereocenters. The number of para-hydroxylation sites is 1. The quantitative estimate of drug-likeness (QED) is 0.0315. The Hall–Kier alpha value is -6.07. The summed E-state index contributed by atoms with van der Waals surface area (Å²) >= 11 is 6.83. The number of alkyl carbamates (subject to hydrolysis) is 1. The number of aliphatic hydroxyl groups excluding tert-OH is 1. The molecule has 1 aromatic heterocycles. The highest BCUT2D eigenvalue weighted by Crippen LogP contribution is 2.49. The first-order valence-electron chi connectivity index (χ1n) is 31.2. The number of aryl methyl sites for hydroxylation is 2. The van der Waals surface area contributed by atoms with Crippen molar-refractivity contribution in [2.75, 3.05) is 132 Å². The molecule has 5 N–H and O–H groups in total. The Morgan fingerprint density at radius 1 is 0.901 bits per heavy atom. The number of nitrogens with one attached hydrogen (secondary N) is 3. The van der Waals surface area contributed by atoms with Crippen LogP contribution in [0, 0.1) is 12.8 Å². The van der Waals surface area contributed by atoms with Crippen molar-refractivity contribution in [1.29, 1.82) is 0 Å². The molecule has 0 aliphatic carbocycles. The van der Waals surface area contributed by atoms with E-state index in [9.17, 15) is 39.0 Å². The minimum Gasteiger partial charge on any atom is -0.457 e. The van der Waals surface area contributed by atoms with Crippen molar-refractivity contribution in [1.82, 2.24) is 30.3 Å². The Kier molecular flexibility index (Phi) is 29.6. The molecule has 4 bridgehead atoms. The molecule has 4 heterocycles. The molecule has 3 aromatic rings. The van der Waals surface area contributed by atoms with Crippen molar-refractivity contribution in [2.24, 2.45) is 5.92 Å². The SMILES string of the molecule is CCN(C)Cc1cc2ccccc2n1CCC(=O)N[C@@H](CO)C(=O)NCCOCCOCCOCCOCCOCCOCCC(=O)N(C)[C@@H](C)C(=O)O[C@H]1CC(=O)N(C)c2cc(cc(C)c2Cl)C/C(C)=C/C=C/[C@@H](OC)[C@]2(O)C[C@H](OC(=O)N2)[C@@H](C)C2O[C@]21C. The van der Waals surface area contributed by atoms with Crippen molar-refractivity contribution < 1.29 is 86.3 Å². The number of rotatable bonds is 34. The number of amides is 5. The molecule has 0 radical (unpaired) electrons. The largest absolute Gasteiger partial charge is 0.457 e. The lowest BCUT2D eigenvalue weighted by Gasteiger charge is -2.42. The van der Waals surface area contributed by atoms with Crippen molar-refractivity contribution in [2.45, 2.75) is 135 Å². The van der Waals surface area contributed by atoms with Crippen LogP contribution >= 0.6 is 11.6 Å². The van der Waals surface area contributed by atoms with Crippen molar-refractivity contribution in [3.05, 3.63) is 88.1 Å². The molecule has 2 saturated heterocycles. The number of aliphatic hydroxyl groups is 2. The predicted molar refractivity (Wildman–Crippen MR) is 339 cm³/mol. The maximum Gasteiger partial charge on any atom is 0.409 e. The average molecular weight is 1300 g/mol. The number of nitrogens with zero attached hydrogens (tertiary/aromatic N) is 4. The number of hydrogen-bond donors (Lipinski definition) is 5. The first kappa shape index (κ1) is 74.0. The van der Waals surface area contributed by atoms with Crippen molar-refractivity contribution in [3.63, 3.8) is 0 Å². The number of methoxy groups -OCH3 is 1. The van der Waals surface area contributed by atoms with E-state index in [4.69, 9.17) is 59.0 Å². The lowest BCUT2D eigenvalue weighted by atomic mass is 9.83. The highest BCUT2D eigenvalue weighted by molar-refractivity contribution is 6.34. The van der Waals surface area contributed by atoms with E-state index in [0.717, 1.165) is 46.4 Å². The molecule has 6 rings (SSSR count). The Balaban J connectivity index is 0.813. The monoisotopic (exact) mass is 1300 g/mol. The minimum atomic E-state index is -1.85. The van der Waals surface area contributed by atoms with E-state index in [1.807, 2.05) is 63.4 Å². The van der Waals surface area contributed by atoms with E-state index in [1.54, 1.807) is 33.0 Å². The summed E-state index contributed by atoms with van der Waals surface area (Å²) in [6, 6.07) is 11.8. The summed E-state index contributed by atoms with van der Waals surface area (Å²) in [7, 11) is 6.55. The lowest BCUT2D eigenvalue weighted by Crippen LogP contribution is -2.63. The molecule has 3 aliphatic rings. The molecule has 506 valence electrons. The van der Waals surface area contributed by atoms with E-state index in [2.05, 4.69) is 38.4 Å². The van der Waals surface area contributed by atoms with Gasteiger partial charge in [-0.15, -0.1) is 0 Å². The fraction of sp³-hybridized carbons (Fsp3) is 0.631. The number of halogens is 1. The normalized spacial score (nSPS) is 23.5. The Labute approximate surface area is 539 Å². The standard InChI is InChI=1S/C65H96ClN7O18/c1-11-70(7)41-49-38-48-16-12-13-17-51(48)73(49)22-19-56(75)68-50(42-74)61(78)67-21-24-84-26-28-86-30-32-88-34-33-87-31-29-85-27-25-83-23-20-57(76)71(8)46(5)62(79)90-55-39-58(77)72(9)52-37-47(36-44(3)59(52)66)35-43(2)15-14-18-54(82-10)65(81)40-53(89-63(80)69-65)45(4)60-64(55,6)91-60/h12-18,36-38,45-46,50,53-55,60,74,81H,11,19-35,39-42H2,1-10H3,(H,67,78)(H,68,75)(H,69,80)/b18-14+,43-15+/t45-,46+,50+,53+,54-,55+,60?,64+,65-/m1/s1. The lowest BCUT2D eigenvalue weighted by molar-refractivity contribution is -0.162. The second kappa shape index (κ2) is 36.4. The molecule has 3 aliphatic heterocycles. The summed E-state index contributed by atoms with van der Waals surface area (Å²) in [5.41, 5.74) is 2.08. The van der Waals surface area contributed by atoms with Crippen LogP contribution in [-0.2, 0) is 90.9 Å². The Morgan fingerprint density at radius 2 is 1.53 bits per heavy atom. The Bertz CT molecular complexity index is 2950. The van der Waals surface area contributed by atoms with Gasteiger partial charge in [-0.1, -0.05) is 73.5 Å². The van der Waals surface area contributed by atoms with Gasteiger partial charge >= 0.3 is 12.1 Å². The molecule has 2 aromatic carbocycles. The summed E-state index contributed by atoms with van der Waals surface area (Å²) < 4.78 is 59.4. The second-order valence-corrected chi connectivity index (χ2v) is 23.8. The summed E-state index contributed by atoms with van der Waals surface area (Å²) in [5.74, 6) is -2.99. The number of anilines is 1. The van der Waals surface area contributed by atoms with Gasteiger partial charge in [-0.2, -0.15) is 0 Å². The van der Waals surface area contributed by atoms with Crippen LogP contribution in [0.3, 0.4) is 0 Å². The van der Waals surface area contributed by atoms with E-state index in [0.29, 0.717) is 76.5 Å². The summed E-state index contributed by atoms with van der Waals surface area (Å²) in [6.45, 7) is 16.0. The number of fused-ring (bicyclic) bond motifs is 6. The second-order valence-electron chi connectivity index (χ2n) is 23.5. The maximum absolute atomic E-state index is 14.3. The third-order valence-corrected chi connectivity index (χ3v) is 17.1. The number of allylic oxidation sites excluding steroid dienone is 3. The van der Waals surface area contributed by atoms with Gasteiger partial charge in [-0.25, -0.2) is 9.59 Å². The number of likely N-dealkylation sites (N-methyl/N-ethyl adjacent to an activating group) is 1. The van der Waals surface area contributed by atoms with Crippen LogP contribution in [0.5, 0.6) is 0 Å². The highest BCUT2D eigenvalue weighted by atomic mass is 35.5. The van der Waals surface area contributed by atoms with E-state index in [1.165, 1.54) is 30.9 Å². The first-order chi connectivity index (χ1) is 43.5. The summed E-state index contributed by atoms with van der Waals surface area (Å²) in [4.78, 5) is 85.1. The predicted octanol–water partition coefficient (Wildman–Crippen LogP) is 4.39. The van der Waals surface area contributed by atoms with Crippen LogP contribution in [0.4, 0.5) is 10.5 Å². The topological polar surface area (TPSA) is 289 Å². The zero-order valence-electron chi connectivity index (χ0n) is 54.5. The van der Waals surface area contributed by atoms with Crippen molar-refractivity contribution in [3.8, 4) is 0 Å². The summed E-state index contributed by atoms with van der Waals surface area (Å²) in [6.07, 6.45) is 0.931. The van der Waals surface area contributed by atoms with Gasteiger partial charge in [0.2, 0.25) is 23.6 Å². The van der Waals surface area contributed by atoms with E-state index in [-0.39, 0.29) is 70.5 Å². The highest BCUT2D eigenvalue weighted by Gasteiger charge is 2.64. The fourth-order valence-electron chi connectivity index (χ4n) is 10.9. The third kappa shape index (κ3) is 21.8. The number of esters is 1. The minimum absolute atomic E-state index is 0.0366. The van der Waals surface area contributed by atoms with Gasteiger partial charge in [0.05, 0.1) is 116 Å².